The highest BCUT2D eigenvalue weighted by atomic mass is 19.4. The summed E-state index contributed by atoms with van der Waals surface area (Å²) >= 11 is 0. The van der Waals surface area contributed by atoms with Crippen molar-refractivity contribution in [3.8, 4) is 22.9 Å². The van der Waals surface area contributed by atoms with Crippen LogP contribution in [0, 0.1) is 0 Å². The number of imidazole rings is 1. The van der Waals surface area contributed by atoms with Crippen LogP contribution in [0.4, 0.5) is 30.8 Å². The third kappa shape index (κ3) is 4.20. The number of ether oxygens (including phenoxy) is 3. The quantitative estimate of drug-likeness (QED) is 0.401. The Labute approximate surface area is 204 Å². The second kappa shape index (κ2) is 9.13. The van der Waals surface area contributed by atoms with Crippen LogP contribution < -0.4 is 24.4 Å². The zero-order chi connectivity index (χ0) is 25.4. The van der Waals surface area contributed by atoms with Gasteiger partial charge in [0.2, 0.25) is 11.7 Å². The second-order valence-electron chi connectivity index (χ2n) is 8.16. The lowest BCUT2D eigenvalue weighted by Crippen LogP contribution is -2.42. The van der Waals surface area contributed by atoms with E-state index in [1.165, 1.54) is 30.7 Å². The molecule has 4 aromatic rings. The standard InChI is InChI=1S/C23H24F3N7O3/c1-34-16-10-14(11-17(35-2)20(16)36-3)31-12-19(27-13-31)28-22-29-21(15-6-4-9-33(15)30-22)32-8-5-7-18(32)23(24,25)26/h4,6,9-13,18H,5,7-8H2,1-3H3,(H,28,30). The number of halogens is 3. The van der Waals surface area contributed by atoms with E-state index in [-0.39, 0.29) is 24.7 Å². The molecule has 0 spiro atoms. The number of rotatable bonds is 7. The maximum absolute atomic E-state index is 13.6. The molecule has 36 heavy (non-hydrogen) atoms. The van der Waals surface area contributed by atoms with Crippen LogP contribution in [0.15, 0.2) is 43.0 Å². The molecule has 1 fully saturated rings. The number of alkyl halides is 3. The number of fused-ring (bicyclic) bond motifs is 1. The van der Waals surface area contributed by atoms with Gasteiger partial charge in [-0.15, -0.1) is 5.10 Å². The van der Waals surface area contributed by atoms with Crippen LogP contribution in [-0.2, 0) is 0 Å². The average Bonchev–Trinajstić information content (AvgIpc) is 3.62. The molecule has 1 saturated heterocycles. The number of anilines is 3. The zero-order valence-corrected chi connectivity index (χ0v) is 19.8. The van der Waals surface area contributed by atoms with Crippen molar-refractivity contribution >= 4 is 23.1 Å². The first-order chi connectivity index (χ1) is 17.3. The van der Waals surface area contributed by atoms with Crippen molar-refractivity contribution in [2.45, 2.75) is 25.1 Å². The van der Waals surface area contributed by atoms with Crippen LogP contribution in [-0.4, -0.2) is 64.2 Å². The minimum Gasteiger partial charge on any atom is -0.493 e. The maximum atomic E-state index is 13.6. The van der Waals surface area contributed by atoms with Gasteiger partial charge in [-0.3, -0.25) is 0 Å². The highest BCUT2D eigenvalue weighted by molar-refractivity contribution is 5.71. The molecule has 1 aromatic carbocycles. The van der Waals surface area contributed by atoms with Crippen LogP contribution in [0.25, 0.3) is 11.2 Å². The van der Waals surface area contributed by atoms with E-state index in [9.17, 15) is 13.2 Å². The van der Waals surface area contributed by atoms with Crippen molar-refractivity contribution in [2.75, 3.05) is 38.1 Å². The van der Waals surface area contributed by atoms with Gasteiger partial charge in [0.15, 0.2) is 23.1 Å². The molecule has 1 aliphatic rings. The van der Waals surface area contributed by atoms with E-state index in [2.05, 4.69) is 20.4 Å². The van der Waals surface area contributed by atoms with Crippen molar-refractivity contribution in [2.24, 2.45) is 0 Å². The van der Waals surface area contributed by atoms with E-state index in [0.717, 1.165) is 0 Å². The fourth-order valence-electron chi connectivity index (χ4n) is 4.40. The van der Waals surface area contributed by atoms with E-state index in [4.69, 9.17) is 14.2 Å². The molecule has 0 bridgehead atoms. The van der Waals surface area contributed by atoms with Crippen LogP contribution in [0.1, 0.15) is 12.8 Å². The Bertz CT molecular complexity index is 1360. The molecule has 190 valence electrons. The molecule has 0 saturated carbocycles. The van der Waals surface area contributed by atoms with Gasteiger partial charge in [0, 0.05) is 24.9 Å². The van der Waals surface area contributed by atoms with Gasteiger partial charge in [0.1, 0.15) is 17.9 Å². The Hall–Kier alpha value is -4.16. The molecule has 1 aliphatic heterocycles. The predicted octanol–water partition coefficient (Wildman–Crippen LogP) is 4.22. The molecule has 0 amide bonds. The lowest BCUT2D eigenvalue weighted by Gasteiger charge is -2.28. The first-order valence-electron chi connectivity index (χ1n) is 11.1. The summed E-state index contributed by atoms with van der Waals surface area (Å²) in [6.07, 6.45) is 1.04. The monoisotopic (exact) mass is 503 g/mol. The summed E-state index contributed by atoms with van der Waals surface area (Å²) in [7, 11) is 4.57. The highest BCUT2D eigenvalue weighted by Crippen LogP contribution is 2.40. The van der Waals surface area contributed by atoms with E-state index in [1.54, 1.807) is 47.6 Å². The molecule has 10 nitrogen and oxygen atoms in total. The van der Waals surface area contributed by atoms with Gasteiger partial charge in [-0.2, -0.15) is 18.2 Å². The molecular weight excluding hydrogens is 479 g/mol. The number of nitrogens with one attached hydrogen (secondary N) is 1. The molecule has 1 atom stereocenters. The molecule has 5 rings (SSSR count). The molecule has 1 unspecified atom stereocenters. The van der Waals surface area contributed by atoms with Crippen LogP contribution in [0.2, 0.25) is 0 Å². The Morgan fingerprint density at radius 3 is 2.50 bits per heavy atom. The normalized spacial score (nSPS) is 15.9. The summed E-state index contributed by atoms with van der Waals surface area (Å²) in [6, 6.07) is 5.35. The van der Waals surface area contributed by atoms with Gasteiger partial charge in [0.25, 0.3) is 0 Å². The Morgan fingerprint density at radius 2 is 1.83 bits per heavy atom. The van der Waals surface area contributed by atoms with Gasteiger partial charge in [-0.25, -0.2) is 9.50 Å². The minimum absolute atomic E-state index is 0.0301. The van der Waals surface area contributed by atoms with Gasteiger partial charge in [-0.1, -0.05) is 0 Å². The summed E-state index contributed by atoms with van der Waals surface area (Å²) in [4.78, 5) is 10.1. The van der Waals surface area contributed by atoms with E-state index in [1.807, 2.05) is 0 Å². The summed E-state index contributed by atoms with van der Waals surface area (Å²) in [5.74, 6) is 2.16. The van der Waals surface area contributed by atoms with Gasteiger partial charge < -0.3 is 29.0 Å². The van der Waals surface area contributed by atoms with Crippen LogP contribution in [0.3, 0.4) is 0 Å². The lowest BCUT2D eigenvalue weighted by atomic mass is 10.2. The summed E-state index contributed by atoms with van der Waals surface area (Å²) < 4.78 is 60.3. The fourth-order valence-corrected chi connectivity index (χ4v) is 4.40. The first-order valence-corrected chi connectivity index (χ1v) is 11.1. The van der Waals surface area contributed by atoms with E-state index in [0.29, 0.717) is 40.7 Å². The molecule has 4 heterocycles. The van der Waals surface area contributed by atoms with Crippen molar-refractivity contribution < 1.29 is 27.4 Å². The van der Waals surface area contributed by atoms with Crippen molar-refractivity contribution in [1.82, 2.24) is 24.1 Å². The number of hydrogen-bond acceptors (Lipinski definition) is 8. The van der Waals surface area contributed by atoms with Crippen molar-refractivity contribution in [3.05, 3.63) is 43.0 Å². The Morgan fingerprint density at radius 1 is 1.08 bits per heavy atom. The fraction of sp³-hybridized carbons (Fsp3) is 0.348. The molecule has 13 heteroatoms. The van der Waals surface area contributed by atoms with E-state index < -0.39 is 12.2 Å². The number of aromatic nitrogens is 5. The first kappa shape index (κ1) is 23.6. The maximum Gasteiger partial charge on any atom is 0.408 e. The molecular formula is C23H24F3N7O3. The smallest absolute Gasteiger partial charge is 0.408 e. The predicted molar refractivity (Wildman–Crippen MR) is 126 cm³/mol. The SMILES string of the molecule is COc1cc(-n2cnc(Nc3nc(N4CCCC4C(F)(F)F)c4cccn4n3)c2)cc(OC)c1OC. The van der Waals surface area contributed by atoms with Gasteiger partial charge in [-0.05, 0) is 25.0 Å². The van der Waals surface area contributed by atoms with Gasteiger partial charge in [0.05, 0.1) is 33.2 Å². The number of hydrogen-bond donors (Lipinski definition) is 1. The van der Waals surface area contributed by atoms with Crippen LogP contribution in [0.5, 0.6) is 17.2 Å². The van der Waals surface area contributed by atoms with E-state index >= 15 is 0 Å². The zero-order valence-electron chi connectivity index (χ0n) is 19.8. The third-order valence-electron chi connectivity index (χ3n) is 6.04. The molecule has 0 aliphatic carbocycles. The summed E-state index contributed by atoms with van der Waals surface area (Å²) in [5, 5.41) is 7.39. The third-order valence-corrected chi connectivity index (χ3v) is 6.04. The summed E-state index contributed by atoms with van der Waals surface area (Å²) in [5.41, 5.74) is 1.19. The second-order valence-corrected chi connectivity index (χ2v) is 8.16. The number of nitrogens with zero attached hydrogens (tertiary/aromatic N) is 6. The largest absolute Gasteiger partial charge is 0.493 e. The Kier molecular flexibility index (Phi) is 5.98. The van der Waals surface area contributed by atoms with Crippen molar-refractivity contribution in [3.63, 3.8) is 0 Å². The highest BCUT2D eigenvalue weighted by Gasteiger charge is 2.47. The van der Waals surface area contributed by atoms with Gasteiger partial charge >= 0.3 is 6.18 Å². The molecule has 1 N–H and O–H groups in total. The Balaban J connectivity index is 1.47. The summed E-state index contributed by atoms with van der Waals surface area (Å²) in [6.45, 7) is 0.261. The number of methoxy groups -OCH3 is 3. The number of benzene rings is 1. The topological polar surface area (TPSA) is 91.0 Å². The minimum atomic E-state index is -4.35. The lowest BCUT2D eigenvalue weighted by molar-refractivity contribution is -0.146. The molecule has 0 radical (unpaired) electrons. The van der Waals surface area contributed by atoms with Crippen molar-refractivity contribution in [1.29, 1.82) is 0 Å². The molecule has 3 aromatic heterocycles. The average molecular weight is 503 g/mol. The van der Waals surface area contributed by atoms with Crippen LogP contribution >= 0.6 is 0 Å².